The van der Waals surface area contributed by atoms with Gasteiger partial charge >= 0.3 is 0 Å². The summed E-state index contributed by atoms with van der Waals surface area (Å²) < 4.78 is 29.3. The maximum atomic E-state index is 14.5. The van der Waals surface area contributed by atoms with Gasteiger partial charge in [0.15, 0.2) is 0 Å². The number of halogens is 1. The number of hydrogen-bond donors (Lipinski definition) is 1. The molecule has 2 amide bonds. The van der Waals surface area contributed by atoms with Gasteiger partial charge in [0, 0.05) is 24.0 Å². The number of aryl methyl sites for hydroxylation is 1. The fourth-order valence-corrected chi connectivity index (χ4v) is 6.62. The molecule has 0 heterocycles. The number of rotatable bonds is 13. The second-order valence-corrected chi connectivity index (χ2v) is 13.1. The minimum atomic E-state index is -4.15. The highest BCUT2D eigenvalue weighted by molar-refractivity contribution is 7.92. The van der Waals surface area contributed by atoms with Crippen LogP contribution in [0.25, 0.3) is 0 Å². The highest BCUT2D eigenvalue weighted by Crippen LogP contribution is 2.28. The van der Waals surface area contributed by atoms with Crippen LogP contribution in [-0.4, -0.2) is 43.8 Å². The van der Waals surface area contributed by atoms with E-state index in [2.05, 4.69) is 5.32 Å². The Labute approximate surface area is 265 Å². The van der Waals surface area contributed by atoms with Crippen molar-refractivity contribution in [1.82, 2.24) is 10.2 Å². The largest absolute Gasteiger partial charge is 0.352 e. The van der Waals surface area contributed by atoms with Gasteiger partial charge in [-0.1, -0.05) is 97.4 Å². The molecule has 0 spiro atoms. The standard InChI is InChI=1S/C35H38ClN3O4S/c1-4-27(3)37-35(41)33(23-28-15-7-5-8-16-28)38(24-29-17-13-18-30(36)22-29)34(40)25-39(32-21-12-11-14-26(32)2)44(42,43)31-19-9-6-10-20-31/h5-22,27,33H,4,23-25H2,1-3H3,(H,37,41)/t27-,33-/m0/s1. The molecule has 7 nitrogen and oxygen atoms in total. The molecule has 0 aromatic heterocycles. The second-order valence-electron chi connectivity index (χ2n) is 10.8. The van der Waals surface area contributed by atoms with E-state index in [1.165, 1.54) is 17.0 Å². The molecule has 0 saturated carbocycles. The average molecular weight is 632 g/mol. The van der Waals surface area contributed by atoms with Crippen LogP contribution in [-0.2, 0) is 32.6 Å². The lowest BCUT2D eigenvalue weighted by molar-refractivity contribution is -0.140. The summed E-state index contributed by atoms with van der Waals surface area (Å²) in [7, 11) is -4.15. The number of sulfonamides is 1. The molecule has 4 aromatic rings. The van der Waals surface area contributed by atoms with Crippen molar-refractivity contribution in [3.63, 3.8) is 0 Å². The van der Waals surface area contributed by atoms with E-state index in [1.807, 2.05) is 56.3 Å². The Bertz CT molecular complexity index is 1670. The van der Waals surface area contributed by atoms with Crippen molar-refractivity contribution in [2.24, 2.45) is 0 Å². The third-order valence-electron chi connectivity index (χ3n) is 7.51. The quantitative estimate of drug-likeness (QED) is 0.185. The highest BCUT2D eigenvalue weighted by Gasteiger charge is 2.35. The third-order valence-corrected chi connectivity index (χ3v) is 9.52. The van der Waals surface area contributed by atoms with Gasteiger partial charge in [-0.3, -0.25) is 13.9 Å². The monoisotopic (exact) mass is 631 g/mol. The normalized spacial score (nSPS) is 12.6. The molecule has 9 heteroatoms. The molecule has 44 heavy (non-hydrogen) atoms. The minimum absolute atomic E-state index is 0.0534. The fraction of sp³-hybridized carbons (Fsp3) is 0.257. The molecule has 0 aliphatic carbocycles. The zero-order valence-electron chi connectivity index (χ0n) is 25.2. The first-order chi connectivity index (χ1) is 21.1. The number of hydrogen-bond acceptors (Lipinski definition) is 4. The van der Waals surface area contributed by atoms with Crippen LogP contribution >= 0.6 is 11.6 Å². The highest BCUT2D eigenvalue weighted by atomic mass is 35.5. The van der Waals surface area contributed by atoms with Crippen LogP contribution in [0.3, 0.4) is 0 Å². The number of carbonyl (C=O) groups excluding carboxylic acids is 2. The topological polar surface area (TPSA) is 86.8 Å². The van der Waals surface area contributed by atoms with Crippen LogP contribution in [0.5, 0.6) is 0 Å². The Morgan fingerprint density at radius 2 is 1.45 bits per heavy atom. The lowest BCUT2D eigenvalue weighted by Crippen LogP contribution is -2.54. The first-order valence-corrected chi connectivity index (χ1v) is 16.4. The molecule has 0 radical (unpaired) electrons. The van der Waals surface area contributed by atoms with E-state index in [-0.39, 0.29) is 29.8 Å². The maximum absolute atomic E-state index is 14.5. The summed E-state index contributed by atoms with van der Waals surface area (Å²) in [6.07, 6.45) is 0.952. The molecule has 0 unspecified atom stereocenters. The molecule has 0 fully saturated rings. The number of benzene rings is 4. The van der Waals surface area contributed by atoms with Gasteiger partial charge in [-0.2, -0.15) is 0 Å². The number of nitrogens with zero attached hydrogens (tertiary/aromatic N) is 2. The van der Waals surface area contributed by atoms with Gasteiger partial charge < -0.3 is 10.2 Å². The molecule has 2 atom stereocenters. The number of para-hydroxylation sites is 1. The Hall–Kier alpha value is -4.14. The van der Waals surface area contributed by atoms with E-state index in [4.69, 9.17) is 11.6 Å². The summed E-state index contributed by atoms with van der Waals surface area (Å²) in [4.78, 5) is 29.9. The Morgan fingerprint density at radius 1 is 0.841 bits per heavy atom. The van der Waals surface area contributed by atoms with Gasteiger partial charge in [0.25, 0.3) is 10.0 Å². The number of amides is 2. The Morgan fingerprint density at radius 3 is 2.09 bits per heavy atom. The van der Waals surface area contributed by atoms with Crippen molar-refractivity contribution in [3.8, 4) is 0 Å². The van der Waals surface area contributed by atoms with Gasteiger partial charge in [-0.15, -0.1) is 0 Å². The summed E-state index contributed by atoms with van der Waals surface area (Å²) in [5.41, 5.74) is 2.66. The van der Waals surface area contributed by atoms with Gasteiger partial charge in [0.1, 0.15) is 12.6 Å². The summed E-state index contributed by atoms with van der Waals surface area (Å²) in [6, 6.07) is 30.6. The van der Waals surface area contributed by atoms with Crippen LogP contribution < -0.4 is 9.62 Å². The molecule has 0 aliphatic rings. The summed E-state index contributed by atoms with van der Waals surface area (Å²) >= 11 is 6.31. The Kier molecular flexibility index (Phi) is 11.2. The van der Waals surface area contributed by atoms with E-state index in [1.54, 1.807) is 61.5 Å². The lowest BCUT2D eigenvalue weighted by atomic mass is 10.0. The fourth-order valence-electron chi connectivity index (χ4n) is 4.90. The first kappa shape index (κ1) is 32.8. The predicted molar refractivity (Wildman–Crippen MR) is 176 cm³/mol. The summed E-state index contributed by atoms with van der Waals surface area (Å²) in [5.74, 6) is -0.833. The summed E-state index contributed by atoms with van der Waals surface area (Å²) in [6.45, 7) is 5.23. The number of anilines is 1. The SMILES string of the molecule is CC[C@H](C)NC(=O)[C@H](Cc1ccccc1)N(Cc1cccc(Cl)c1)C(=O)CN(c1ccccc1C)S(=O)(=O)c1ccccc1. The third kappa shape index (κ3) is 8.27. The Balaban J connectivity index is 1.81. The van der Waals surface area contributed by atoms with Crippen molar-refractivity contribution >= 4 is 39.1 Å². The zero-order chi connectivity index (χ0) is 31.7. The van der Waals surface area contributed by atoms with Crippen molar-refractivity contribution in [1.29, 1.82) is 0 Å². The molecule has 230 valence electrons. The molecule has 0 saturated heterocycles. The van der Waals surface area contributed by atoms with Crippen LogP contribution in [0.1, 0.15) is 37.0 Å². The van der Waals surface area contributed by atoms with E-state index < -0.39 is 28.5 Å². The van der Waals surface area contributed by atoms with Gasteiger partial charge in [-0.25, -0.2) is 8.42 Å². The molecule has 4 aromatic carbocycles. The van der Waals surface area contributed by atoms with Gasteiger partial charge in [0.05, 0.1) is 10.6 Å². The van der Waals surface area contributed by atoms with Crippen LogP contribution in [0.2, 0.25) is 5.02 Å². The predicted octanol–water partition coefficient (Wildman–Crippen LogP) is 6.40. The van der Waals surface area contributed by atoms with E-state index >= 15 is 0 Å². The number of carbonyl (C=O) groups is 2. The maximum Gasteiger partial charge on any atom is 0.264 e. The lowest BCUT2D eigenvalue weighted by Gasteiger charge is -2.34. The van der Waals surface area contributed by atoms with E-state index in [9.17, 15) is 18.0 Å². The van der Waals surface area contributed by atoms with Crippen LogP contribution in [0.15, 0.2) is 114 Å². The minimum Gasteiger partial charge on any atom is -0.352 e. The molecule has 1 N–H and O–H groups in total. The van der Waals surface area contributed by atoms with Crippen LogP contribution in [0, 0.1) is 6.92 Å². The van der Waals surface area contributed by atoms with Gasteiger partial charge in [0.2, 0.25) is 11.8 Å². The molecule has 0 aliphatic heterocycles. The first-order valence-electron chi connectivity index (χ1n) is 14.6. The molecule has 4 rings (SSSR count). The summed E-state index contributed by atoms with van der Waals surface area (Å²) in [5, 5.41) is 3.53. The van der Waals surface area contributed by atoms with E-state index in [0.717, 1.165) is 9.87 Å². The van der Waals surface area contributed by atoms with E-state index in [0.29, 0.717) is 28.3 Å². The van der Waals surface area contributed by atoms with Gasteiger partial charge in [-0.05, 0) is 67.3 Å². The molecular formula is C35H38ClN3O4S. The van der Waals surface area contributed by atoms with Crippen molar-refractivity contribution < 1.29 is 18.0 Å². The van der Waals surface area contributed by atoms with Crippen molar-refractivity contribution in [3.05, 3.63) is 131 Å². The van der Waals surface area contributed by atoms with Crippen molar-refractivity contribution in [2.75, 3.05) is 10.8 Å². The second kappa shape index (κ2) is 15.0. The smallest absolute Gasteiger partial charge is 0.264 e. The van der Waals surface area contributed by atoms with Crippen LogP contribution in [0.4, 0.5) is 5.69 Å². The molecule has 0 bridgehead atoms. The average Bonchev–Trinajstić information content (AvgIpc) is 3.02. The zero-order valence-corrected chi connectivity index (χ0v) is 26.8. The van der Waals surface area contributed by atoms with Crippen molar-refractivity contribution in [2.45, 2.75) is 57.1 Å². The molecular weight excluding hydrogens is 594 g/mol. The number of nitrogens with one attached hydrogen (secondary N) is 1.